The highest BCUT2D eigenvalue weighted by molar-refractivity contribution is 14.0. The molecule has 0 spiro atoms. The maximum absolute atomic E-state index is 12.0. The SMILES string of the molecule is CN=C(NCc1ccccc1N1CCOCC1)N1CCC(NC(=O)OC(C)(C)C)C1.I. The van der Waals surface area contributed by atoms with Crippen molar-refractivity contribution >= 4 is 41.7 Å². The molecule has 8 nitrogen and oxygen atoms in total. The Morgan fingerprint density at radius 3 is 2.61 bits per heavy atom. The van der Waals surface area contributed by atoms with E-state index in [0.29, 0.717) is 13.1 Å². The van der Waals surface area contributed by atoms with Crippen LogP contribution in [0.15, 0.2) is 29.3 Å². The molecule has 2 N–H and O–H groups in total. The molecule has 2 fully saturated rings. The summed E-state index contributed by atoms with van der Waals surface area (Å²) in [6.07, 6.45) is 0.501. The van der Waals surface area contributed by atoms with Gasteiger partial charge in [0.05, 0.1) is 19.3 Å². The third kappa shape index (κ3) is 7.71. The predicted octanol–water partition coefficient (Wildman–Crippen LogP) is 2.82. The highest BCUT2D eigenvalue weighted by Crippen LogP contribution is 2.21. The van der Waals surface area contributed by atoms with E-state index >= 15 is 0 Å². The van der Waals surface area contributed by atoms with Crippen molar-refractivity contribution in [1.29, 1.82) is 0 Å². The lowest BCUT2D eigenvalue weighted by Crippen LogP contribution is -2.44. The Kier molecular flexibility index (Phi) is 9.67. The van der Waals surface area contributed by atoms with E-state index in [4.69, 9.17) is 9.47 Å². The van der Waals surface area contributed by atoms with Crippen LogP contribution in [0.3, 0.4) is 0 Å². The smallest absolute Gasteiger partial charge is 0.407 e. The molecule has 0 aromatic heterocycles. The molecule has 2 heterocycles. The Hall–Kier alpha value is -1.75. The number of hydrogen-bond acceptors (Lipinski definition) is 5. The number of morpholine rings is 1. The van der Waals surface area contributed by atoms with Gasteiger partial charge < -0.3 is 29.9 Å². The maximum atomic E-state index is 12.0. The number of halogens is 1. The first kappa shape index (κ1) is 25.5. The molecule has 9 heteroatoms. The number of benzene rings is 1. The monoisotopic (exact) mass is 545 g/mol. The van der Waals surface area contributed by atoms with E-state index in [-0.39, 0.29) is 36.1 Å². The van der Waals surface area contributed by atoms with Crippen molar-refractivity contribution < 1.29 is 14.3 Å². The van der Waals surface area contributed by atoms with Crippen LogP contribution in [-0.4, -0.2) is 75.0 Å². The summed E-state index contributed by atoms with van der Waals surface area (Å²) in [7, 11) is 1.80. The van der Waals surface area contributed by atoms with Crippen molar-refractivity contribution in [3.8, 4) is 0 Å². The highest BCUT2D eigenvalue weighted by atomic mass is 127. The van der Waals surface area contributed by atoms with Gasteiger partial charge in [-0.3, -0.25) is 4.99 Å². The van der Waals surface area contributed by atoms with Crippen LogP contribution in [0, 0.1) is 0 Å². The zero-order chi connectivity index (χ0) is 21.6. The molecule has 31 heavy (non-hydrogen) atoms. The number of hydrogen-bond donors (Lipinski definition) is 2. The predicted molar refractivity (Wildman–Crippen MR) is 134 cm³/mol. The van der Waals surface area contributed by atoms with Crippen molar-refractivity contribution in [2.75, 3.05) is 51.3 Å². The van der Waals surface area contributed by atoms with Gasteiger partial charge in [0.2, 0.25) is 0 Å². The van der Waals surface area contributed by atoms with Crippen molar-refractivity contribution in [2.24, 2.45) is 4.99 Å². The van der Waals surface area contributed by atoms with E-state index < -0.39 is 5.60 Å². The highest BCUT2D eigenvalue weighted by Gasteiger charge is 2.28. The van der Waals surface area contributed by atoms with Crippen molar-refractivity contribution in [1.82, 2.24) is 15.5 Å². The largest absolute Gasteiger partial charge is 0.444 e. The number of amides is 1. The fraction of sp³-hybridized carbons (Fsp3) is 0.636. The van der Waals surface area contributed by atoms with Crippen LogP contribution in [-0.2, 0) is 16.0 Å². The number of carbonyl (C=O) groups excluding carboxylic acids is 1. The summed E-state index contributed by atoms with van der Waals surface area (Å²) in [6, 6.07) is 8.53. The normalized spacial score (nSPS) is 19.6. The zero-order valence-corrected chi connectivity index (χ0v) is 21.3. The zero-order valence-electron chi connectivity index (χ0n) is 19.0. The lowest BCUT2D eigenvalue weighted by Gasteiger charge is -2.31. The first-order chi connectivity index (χ1) is 14.4. The number of ether oxygens (including phenoxy) is 2. The molecule has 2 aliphatic heterocycles. The van der Waals surface area contributed by atoms with Gasteiger partial charge in [-0.05, 0) is 38.8 Å². The fourth-order valence-electron chi connectivity index (χ4n) is 3.82. The Morgan fingerprint density at radius 2 is 1.94 bits per heavy atom. The summed E-state index contributed by atoms with van der Waals surface area (Å²) in [5.74, 6) is 0.847. The number of para-hydroxylation sites is 1. The molecule has 0 saturated carbocycles. The van der Waals surface area contributed by atoms with Crippen LogP contribution in [0.1, 0.15) is 32.8 Å². The van der Waals surface area contributed by atoms with Crippen LogP contribution in [0.4, 0.5) is 10.5 Å². The Balaban J connectivity index is 0.00000341. The molecule has 1 aromatic rings. The van der Waals surface area contributed by atoms with Crippen LogP contribution < -0.4 is 15.5 Å². The molecule has 2 saturated heterocycles. The van der Waals surface area contributed by atoms with Crippen LogP contribution in [0.2, 0.25) is 0 Å². The van der Waals surface area contributed by atoms with E-state index in [1.165, 1.54) is 11.3 Å². The van der Waals surface area contributed by atoms with Gasteiger partial charge in [-0.15, -0.1) is 24.0 Å². The summed E-state index contributed by atoms with van der Waals surface area (Å²) in [6.45, 7) is 11.2. The number of nitrogens with zero attached hydrogens (tertiary/aromatic N) is 3. The number of carbonyl (C=O) groups is 1. The van der Waals surface area contributed by atoms with Crippen LogP contribution in [0.5, 0.6) is 0 Å². The summed E-state index contributed by atoms with van der Waals surface area (Å²) >= 11 is 0. The van der Waals surface area contributed by atoms with E-state index in [1.807, 2.05) is 20.8 Å². The second kappa shape index (κ2) is 11.8. The summed E-state index contributed by atoms with van der Waals surface area (Å²) in [5.41, 5.74) is 1.99. The maximum Gasteiger partial charge on any atom is 0.407 e. The molecule has 174 valence electrons. The first-order valence-electron chi connectivity index (χ1n) is 10.7. The lowest BCUT2D eigenvalue weighted by molar-refractivity contribution is 0.0507. The quantitative estimate of drug-likeness (QED) is 0.345. The Labute approximate surface area is 202 Å². The number of rotatable bonds is 4. The van der Waals surface area contributed by atoms with Gasteiger partial charge in [0.25, 0.3) is 0 Å². The fourth-order valence-corrected chi connectivity index (χ4v) is 3.82. The number of likely N-dealkylation sites (tertiary alicyclic amines) is 1. The number of alkyl carbamates (subject to hydrolysis) is 1. The van der Waals surface area contributed by atoms with Crippen molar-refractivity contribution in [3.63, 3.8) is 0 Å². The molecule has 0 radical (unpaired) electrons. The minimum Gasteiger partial charge on any atom is -0.444 e. The molecule has 3 rings (SSSR count). The van der Waals surface area contributed by atoms with Crippen LogP contribution >= 0.6 is 24.0 Å². The van der Waals surface area contributed by atoms with E-state index in [1.54, 1.807) is 7.05 Å². The third-order valence-corrected chi connectivity index (χ3v) is 5.20. The van der Waals surface area contributed by atoms with Crippen molar-refractivity contribution in [3.05, 3.63) is 29.8 Å². The molecule has 0 aliphatic carbocycles. The summed E-state index contributed by atoms with van der Waals surface area (Å²) < 4.78 is 10.9. The lowest BCUT2D eigenvalue weighted by atomic mass is 10.1. The van der Waals surface area contributed by atoms with Gasteiger partial charge in [0.1, 0.15) is 5.60 Å². The molecule has 1 aromatic carbocycles. The van der Waals surface area contributed by atoms with Gasteiger partial charge in [0.15, 0.2) is 5.96 Å². The van der Waals surface area contributed by atoms with Gasteiger partial charge in [-0.2, -0.15) is 0 Å². The average molecular weight is 545 g/mol. The van der Waals surface area contributed by atoms with E-state index in [0.717, 1.165) is 45.2 Å². The summed E-state index contributed by atoms with van der Waals surface area (Å²) in [5, 5.41) is 6.46. The van der Waals surface area contributed by atoms with Crippen molar-refractivity contribution in [2.45, 2.75) is 45.4 Å². The Morgan fingerprint density at radius 1 is 1.23 bits per heavy atom. The molecule has 1 atom stereocenters. The molecule has 2 aliphatic rings. The standard InChI is InChI=1S/C22H35N5O3.HI/c1-22(2,3)30-21(28)25-18-9-10-27(16-18)20(23-4)24-15-17-7-5-6-8-19(17)26-11-13-29-14-12-26;/h5-8,18H,9-16H2,1-4H3,(H,23,24)(H,25,28);1H. The Bertz CT molecular complexity index is 747. The van der Waals surface area contributed by atoms with Gasteiger partial charge >= 0.3 is 6.09 Å². The minimum absolute atomic E-state index is 0. The summed E-state index contributed by atoms with van der Waals surface area (Å²) in [4.78, 5) is 21.1. The number of nitrogens with one attached hydrogen (secondary N) is 2. The third-order valence-electron chi connectivity index (χ3n) is 5.20. The molecular weight excluding hydrogens is 509 g/mol. The average Bonchev–Trinajstić information content (AvgIpc) is 3.16. The van der Waals surface area contributed by atoms with Gasteiger partial charge in [-0.1, -0.05) is 18.2 Å². The van der Waals surface area contributed by atoms with E-state index in [9.17, 15) is 4.79 Å². The number of aliphatic imine (C=N–C) groups is 1. The number of anilines is 1. The molecule has 0 bridgehead atoms. The number of guanidine groups is 1. The van der Waals surface area contributed by atoms with E-state index in [2.05, 4.69) is 49.7 Å². The minimum atomic E-state index is -0.492. The molecular formula is C22H36IN5O3. The second-order valence-electron chi connectivity index (χ2n) is 8.71. The molecule has 1 unspecified atom stereocenters. The first-order valence-corrected chi connectivity index (χ1v) is 10.7. The molecule has 1 amide bonds. The second-order valence-corrected chi connectivity index (χ2v) is 8.71. The van der Waals surface area contributed by atoms with Crippen LogP contribution in [0.25, 0.3) is 0 Å². The topological polar surface area (TPSA) is 78.4 Å². The van der Waals surface area contributed by atoms with Gasteiger partial charge in [0, 0.05) is 45.5 Å². The van der Waals surface area contributed by atoms with Gasteiger partial charge in [-0.25, -0.2) is 4.79 Å².